The van der Waals surface area contributed by atoms with Gasteiger partial charge in [-0.1, -0.05) is 66.0 Å². The van der Waals surface area contributed by atoms with Crippen LogP contribution in [0.5, 0.6) is 0 Å². The van der Waals surface area contributed by atoms with E-state index in [9.17, 15) is 0 Å². The van der Waals surface area contributed by atoms with Crippen LogP contribution in [0.1, 0.15) is 32.6 Å². The summed E-state index contributed by atoms with van der Waals surface area (Å²) in [5.41, 5.74) is 6.36. The van der Waals surface area contributed by atoms with Crippen molar-refractivity contribution in [3.63, 3.8) is 0 Å². The third-order valence-corrected chi connectivity index (χ3v) is 4.56. The molecule has 2 aromatic carbocycles. The standard InChI is InChI=1S/C21H22BrN3/c1-2-3-4-8-13-23-25-21-15-18(16-9-6-5-7-10-16)19-14-17(22)11-12-20(19)24-21/h5-7,9-15H,2-4,8H2,1H3,(H,24,25)/b23-13+. The fourth-order valence-corrected chi connectivity index (χ4v) is 3.13. The van der Waals surface area contributed by atoms with Gasteiger partial charge >= 0.3 is 0 Å². The zero-order valence-corrected chi connectivity index (χ0v) is 16.0. The molecule has 1 N–H and O–H groups in total. The topological polar surface area (TPSA) is 37.3 Å². The Labute approximate surface area is 157 Å². The maximum absolute atomic E-state index is 4.69. The molecular weight excluding hydrogens is 374 g/mol. The van der Waals surface area contributed by atoms with E-state index in [4.69, 9.17) is 4.98 Å². The number of nitrogens with one attached hydrogen (secondary N) is 1. The molecule has 0 saturated heterocycles. The number of aromatic nitrogens is 1. The summed E-state index contributed by atoms with van der Waals surface area (Å²) in [6.45, 7) is 2.21. The van der Waals surface area contributed by atoms with E-state index in [1.165, 1.54) is 24.8 Å². The molecule has 25 heavy (non-hydrogen) atoms. The van der Waals surface area contributed by atoms with Crippen LogP contribution in [-0.4, -0.2) is 11.2 Å². The predicted molar refractivity (Wildman–Crippen MR) is 111 cm³/mol. The van der Waals surface area contributed by atoms with Crippen LogP contribution in [0.25, 0.3) is 22.0 Å². The van der Waals surface area contributed by atoms with Crippen molar-refractivity contribution in [1.29, 1.82) is 0 Å². The number of unbranched alkanes of at least 4 members (excludes halogenated alkanes) is 3. The first-order chi connectivity index (χ1) is 12.3. The van der Waals surface area contributed by atoms with Crippen LogP contribution in [0.3, 0.4) is 0 Å². The highest BCUT2D eigenvalue weighted by molar-refractivity contribution is 9.10. The summed E-state index contributed by atoms with van der Waals surface area (Å²) in [6, 6.07) is 18.6. The van der Waals surface area contributed by atoms with Gasteiger partial charge in [0.1, 0.15) is 5.82 Å². The number of fused-ring (bicyclic) bond motifs is 1. The third-order valence-electron chi connectivity index (χ3n) is 4.06. The fraction of sp³-hybridized carbons (Fsp3) is 0.238. The van der Waals surface area contributed by atoms with Crippen LogP contribution in [0.2, 0.25) is 0 Å². The molecule has 128 valence electrons. The minimum atomic E-state index is 0.764. The first kappa shape index (κ1) is 17.6. The van der Waals surface area contributed by atoms with Crippen LogP contribution in [-0.2, 0) is 0 Å². The van der Waals surface area contributed by atoms with Crippen LogP contribution in [0.4, 0.5) is 5.82 Å². The van der Waals surface area contributed by atoms with Crippen molar-refractivity contribution in [3.05, 3.63) is 59.1 Å². The van der Waals surface area contributed by atoms with Gasteiger partial charge in [0.2, 0.25) is 0 Å². The molecular formula is C21H22BrN3. The van der Waals surface area contributed by atoms with Crippen LogP contribution >= 0.6 is 15.9 Å². The zero-order chi connectivity index (χ0) is 17.5. The summed E-state index contributed by atoms with van der Waals surface area (Å²) in [4.78, 5) is 4.69. The number of anilines is 1. The lowest BCUT2D eigenvalue weighted by atomic mass is 10.0. The Morgan fingerprint density at radius 2 is 1.92 bits per heavy atom. The maximum atomic E-state index is 4.69. The lowest BCUT2D eigenvalue weighted by Gasteiger charge is -2.10. The first-order valence-electron chi connectivity index (χ1n) is 8.71. The Morgan fingerprint density at radius 3 is 2.72 bits per heavy atom. The molecule has 0 amide bonds. The van der Waals surface area contributed by atoms with E-state index in [1.54, 1.807) is 0 Å². The molecule has 1 heterocycles. The van der Waals surface area contributed by atoms with Crippen molar-refractivity contribution in [2.24, 2.45) is 5.10 Å². The molecule has 1 aromatic heterocycles. The Hall–Kier alpha value is -2.20. The summed E-state index contributed by atoms with van der Waals surface area (Å²) in [5, 5.41) is 5.45. The molecule has 3 nitrogen and oxygen atoms in total. The maximum Gasteiger partial charge on any atom is 0.147 e. The van der Waals surface area contributed by atoms with Gasteiger partial charge in [-0.2, -0.15) is 5.10 Å². The van der Waals surface area contributed by atoms with Crippen LogP contribution in [0, 0.1) is 0 Å². The largest absolute Gasteiger partial charge is 0.262 e. The van der Waals surface area contributed by atoms with Gasteiger partial charge in [0.05, 0.1) is 5.52 Å². The Kier molecular flexibility index (Phi) is 6.18. The van der Waals surface area contributed by atoms with E-state index in [-0.39, 0.29) is 0 Å². The Balaban J connectivity index is 1.91. The lowest BCUT2D eigenvalue weighted by Crippen LogP contribution is -1.95. The number of hydrazone groups is 1. The smallest absolute Gasteiger partial charge is 0.147 e. The minimum absolute atomic E-state index is 0.764. The number of halogens is 1. The normalized spacial score (nSPS) is 11.3. The molecule has 0 spiro atoms. The zero-order valence-electron chi connectivity index (χ0n) is 14.4. The second-order valence-electron chi connectivity index (χ2n) is 6.00. The van der Waals surface area contributed by atoms with Crippen LogP contribution in [0.15, 0.2) is 64.2 Å². The van der Waals surface area contributed by atoms with Crippen molar-refractivity contribution in [2.45, 2.75) is 32.6 Å². The van der Waals surface area contributed by atoms with Gasteiger partial charge in [0, 0.05) is 16.1 Å². The van der Waals surface area contributed by atoms with Gasteiger partial charge in [-0.05, 0) is 48.2 Å². The van der Waals surface area contributed by atoms with Gasteiger partial charge in [-0.3, -0.25) is 5.43 Å². The average Bonchev–Trinajstić information content (AvgIpc) is 2.65. The molecule has 0 fully saturated rings. The summed E-state index contributed by atoms with van der Waals surface area (Å²) in [7, 11) is 0. The predicted octanol–water partition coefficient (Wildman–Crippen LogP) is 6.64. The number of nitrogens with zero attached hydrogens (tertiary/aromatic N) is 2. The first-order valence-corrected chi connectivity index (χ1v) is 9.50. The summed E-state index contributed by atoms with van der Waals surface area (Å²) in [5.74, 6) is 0.764. The van der Waals surface area contributed by atoms with E-state index < -0.39 is 0 Å². The summed E-state index contributed by atoms with van der Waals surface area (Å²) in [6.07, 6.45) is 6.57. The van der Waals surface area contributed by atoms with E-state index >= 15 is 0 Å². The highest BCUT2D eigenvalue weighted by Crippen LogP contribution is 2.31. The molecule has 3 aromatic rings. The molecule has 4 heteroatoms. The quantitative estimate of drug-likeness (QED) is 0.276. The summed E-state index contributed by atoms with van der Waals surface area (Å²) < 4.78 is 1.05. The average molecular weight is 396 g/mol. The van der Waals surface area contributed by atoms with E-state index in [0.29, 0.717) is 0 Å². The van der Waals surface area contributed by atoms with E-state index in [2.05, 4.69) is 69.8 Å². The monoisotopic (exact) mass is 395 g/mol. The lowest BCUT2D eigenvalue weighted by molar-refractivity contribution is 0.746. The Bertz CT molecular complexity index is 860. The molecule has 0 aliphatic carbocycles. The number of rotatable bonds is 7. The van der Waals surface area contributed by atoms with Gasteiger partial charge in [0.15, 0.2) is 0 Å². The molecule has 0 aliphatic heterocycles. The molecule has 0 saturated carbocycles. The molecule has 0 bridgehead atoms. The van der Waals surface area contributed by atoms with E-state index in [1.807, 2.05) is 24.4 Å². The second-order valence-corrected chi connectivity index (χ2v) is 6.92. The van der Waals surface area contributed by atoms with Crippen molar-refractivity contribution < 1.29 is 0 Å². The van der Waals surface area contributed by atoms with Crippen molar-refractivity contribution in [1.82, 2.24) is 4.98 Å². The third kappa shape index (κ3) is 4.67. The van der Waals surface area contributed by atoms with Gasteiger partial charge in [-0.15, -0.1) is 0 Å². The highest BCUT2D eigenvalue weighted by Gasteiger charge is 2.08. The SMILES string of the molecule is CCCCC/C=N/Nc1cc(-c2ccccc2)c2cc(Br)ccc2n1. The molecule has 0 aliphatic rings. The highest BCUT2D eigenvalue weighted by atomic mass is 79.9. The molecule has 0 atom stereocenters. The van der Waals surface area contributed by atoms with Crippen molar-refractivity contribution >= 4 is 38.9 Å². The fourth-order valence-electron chi connectivity index (χ4n) is 2.77. The number of hydrogen-bond acceptors (Lipinski definition) is 3. The molecule has 0 unspecified atom stereocenters. The van der Waals surface area contributed by atoms with Gasteiger partial charge in [0.25, 0.3) is 0 Å². The molecule has 0 radical (unpaired) electrons. The van der Waals surface area contributed by atoms with Crippen molar-refractivity contribution in [2.75, 3.05) is 5.43 Å². The van der Waals surface area contributed by atoms with Gasteiger partial charge in [-0.25, -0.2) is 4.98 Å². The molecule has 3 rings (SSSR count). The van der Waals surface area contributed by atoms with Crippen molar-refractivity contribution in [3.8, 4) is 11.1 Å². The summed E-state index contributed by atoms with van der Waals surface area (Å²) >= 11 is 3.56. The van der Waals surface area contributed by atoms with Gasteiger partial charge < -0.3 is 0 Å². The van der Waals surface area contributed by atoms with Crippen LogP contribution < -0.4 is 5.43 Å². The minimum Gasteiger partial charge on any atom is -0.262 e. The Morgan fingerprint density at radius 1 is 1.08 bits per heavy atom. The van der Waals surface area contributed by atoms with E-state index in [0.717, 1.165) is 33.2 Å². The number of pyridine rings is 1. The number of hydrogen-bond donors (Lipinski definition) is 1. The number of benzene rings is 2. The second kappa shape index (κ2) is 8.77.